The molecule has 7 nitrogen and oxygen atoms in total. The molecule has 1 unspecified atom stereocenters. The van der Waals surface area contributed by atoms with Crippen molar-refractivity contribution in [1.29, 1.82) is 0 Å². The van der Waals surface area contributed by atoms with Crippen molar-refractivity contribution in [2.24, 2.45) is 0 Å². The minimum absolute atomic E-state index is 0.128. The van der Waals surface area contributed by atoms with Gasteiger partial charge in [-0.2, -0.15) is 17.2 Å². The Morgan fingerprint density at radius 2 is 1.38 bits per heavy atom. The Morgan fingerprint density at radius 1 is 0.912 bits per heavy atom. The molecule has 0 aromatic heterocycles. The van der Waals surface area contributed by atoms with Gasteiger partial charge < -0.3 is 9.47 Å². The van der Waals surface area contributed by atoms with Gasteiger partial charge in [0.15, 0.2) is 6.10 Å². The average molecular weight is 492 g/mol. The Morgan fingerprint density at radius 3 is 1.85 bits per heavy atom. The topological polar surface area (TPSA) is 107 Å². The van der Waals surface area contributed by atoms with Crippen molar-refractivity contribution in [2.75, 3.05) is 0 Å². The van der Waals surface area contributed by atoms with Crippen LogP contribution in [0.25, 0.3) is 10.8 Å². The number of halogens is 2. The number of hydrogen-bond donors (Lipinski definition) is 1. The molecular weight excluding hydrogens is 470 g/mol. The highest BCUT2D eigenvalue weighted by Crippen LogP contribution is 2.30. The molecule has 180 valence electrons. The summed E-state index contributed by atoms with van der Waals surface area (Å²) in [5.41, 5.74) is 2.50. The van der Waals surface area contributed by atoms with Crippen molar-refractivity contribution >= 4 is 32.8 Å². The Hall–Kier alpha value is -3.37. The third-order valence-corrected chi connectivity index (χ3v) is 6.28. The van der Waals surface area contributed by atoms with Crippen LogP contribution in [0, 0.1) is 20.8 Å². The first kappa shape index (κ1) is 25.3. The fraction of sp³-hybridized carbons (Fsp3) is 0.250. The molecule has 0 saturated carbocycles. The highest BCUT2D eigenvalue weighted by molar-refractivity contribution is 7.86. The van der Waals surface area contributed by atoms with Gasteiger partial charge in [-0.25, -0.2) is 9.59 Å². The van der Waals surface area contributed by atoms with E-state index in [2.05, 4.69) is 4.74 Å². The molecule has 1 atom stereocenters. The molecule has 0 aliphatic rings. The fourth-order valence-electron chi connectivity index (χ4n) is 3.64. The maximum absolute atomic E-state index is 13.8. The molecule has 34 heavy (non-hydrogen) atoms. The van der Waals surface area contributed by atoms with E-state index >= 15 is 0 Å². The van der Waals surface area contributed by atoms with Crippen LogP contribution in [0.5, 0.6) is 5.75 Å². The molecule has 0 aliphatic carbocycles. The van der Waals surface area contributed by atoms with E-state index in [0.29, 0.717) is 18.1 Å². The van der Waals surface area contributed by atoms with Crippen LogP contribution in [0.1, 0.15) is 44.3 Å². The first-order valence-corrected chi connectivity index (χ1v) is 11.6. The van der Waals surface area contributed by atoms with Crippen LogP contribution >= 0.6 is 0 Å². The average Bonchev–Trinajstić information content (AvgIpc) is 2.74. The Balaban J connectivity index is 1.97. The minimum Gasteiger partial charge on any atom is -0.451 e. The lowest BCUT2D eigenvalue weighted by molar-refractivity contribution is -0.0548. The summed E-state index contributed by atoms with van der Waals surface area (Å²) in [5, 5.41) is -4.19. The molecule has 0 aliphatic heterocycles. The summed E-state index contributed by atoms with van der Waals surface area (Å²) in [4.78, 5) is 25.6. The van der Waals surface area contributed by atoms with Crippen LogP contribution in [0.2, 0.25) is 0 Å². The summed E-state index contributed by atoms with van der Waals surface area (Å²) in [5.74, 6) is -1.53. The second kappa shape index (κ2) is 9.11. The van der Waals surface area contributed by atoms with Gasteiger partial charge in [0, 0.05) is 0 Å². The fourth-order valence-corrected chi connectivity index (χ4v) is 4.11. The van der Waals surface area contributed by atoms with Crippen LogP contribution in [-0.2, 0) is 14.9 Å². The number of fused-ring (bicyclic) bond motifs is 1. The number of aryl methyl sites for hydroxylation is 3. The van der Waals surface area contributed by atoms with E-state index in [-0.39, 0.29) is 16.5 Å². The lowest BCUT2D eigenvalue weighted by Gasteiger charge is -2.21. The summed E-state index contributed by atoms with van der Waals surface area (Å²) in [6.45, 7) is 6.18. The van der Waals surface area contributed by atoms with Gasteiger partial charge in [-0.3, -0.25) is 4.55 Å². The SMILES string of the molecule is Cc1cc(C)c(OC(=O)c2cccc3c(C(=O)OC(C)C(F)(F)S(=O)(=O)O)cccc23)c(C)c1. The number of benzene rings is 3. The molecule has 10 heteroatoms. The van der Waals surface area contributed by atoms with E-state index in [4.69, 9.17) is 9.29 Å². The lowest BCUT2D eigenvalue weighted by Crippen LogP contribution is -2.42. The van der Waals surface area contributed by atoms with Gasteiger partial charge in [0.05, 0.1) is 11.1 Å². The number of rotatable bonds is 6. The molecule has 3 aromatic rings. The van der Waals surface area contributed by atoms with Crippen LogP contribution in [-0.4, -0.2) is 36.3 Å². The monoisotopic (exact) mass is 492 g/mol. The van der Waals surface area contributed by atoms with Crippen LogP contribution in [0.4, 0.5) is 8.78 Å². The molecule has 3 rings (SSSR count). The first-order chi connectivity index (χ1) is 15.7. The van der Waals surface area contributed by atoms with Gasteiger partial charge in [-0.05, 0) is 61.7 Å². The summed E-state index contributed by atoms with van der Waals surface area (Å²) >= 11 is 0. The van der Waals surface area contributed by atoms with Crippen molar-refractivity contribution < 1.29 is 40.8 Å². The van der Waals surface area contributed by atoms with Gasteiger partial charge in [-0.1, -0.05) is 42.0 Å². The molecule has 0 amide bonds. The summed E-state index contributed by atoms with van der Waals surface area (Å²) in [6.07, 6.45) is -2.47. The summed E-state index contributed by atoms with van der Waals surface area (Å²) in [6, 6.07) is 12.5. The second-order valence-corrected chi connectivity index (χ2v) is 9.40. The summed E-state index contributed by atoms with van der Waals surface area (Å²) in [7, 11) is -5.80. The van der Waals surface area contributed by atoms with E-state index in [9.17, 15) is 26.8 Å². The maximum Gasteiger partial charge on any atom is 0.405 e. The molecule has 0 saturated heterocycles. The molecule has 0 fully saturated rings. The predicted molar refractivity (Wildman–Crippen MR) is 121 cm³/mol. The zero-order valence-corrected chi connectivity index (χ0v) is 19.6. The smallest absolute Gasteiger partial charge is 0.405 e. The molecule has 3 aromatic carbocycles. The van der Waals surface area contributed by atoms with E-state index in [1.165, 1.54) is 30.3 Å². The highest BCUT2D eigenvalue weighted by Gasteiger charge is 2.52. The number of alkyl halides is 2. The third-order valence-electron chi connectivity index (χ3n) is 5.26. The van der Waals surface area contributed by atoms with Crippen molar-refractivity contribution in [1.82, 2.24) is 0 Å². The normalized spacial score (nSPS) is 12.9. The van der Waals surface area contributed by atoms with Crippen molar-refractivity contribution in [2.45, 2.75) is 39.1 Å². The van der Waals surface area contributed by atoms with Gasteiger partial charge in [-0.15, -0.1) is 0 Å². The second-order valence-electron chi connectivity index (χ2n) is 7.91. The van der Waals surface area contributed by atoms with Crippen molar-refractivity contribution in [3.63, 3.8) is 0 Å². The lowest BCUT2D eigenvalue weighted by atomic mass is 10.00. The Labute approximate surface area is 195 Å². The largest absolute Gasteiger partial charge is 0.451 e. The number of carbonyl (C=O) groups excluding carboxylic acids is 2. The minimum atomic E-state index is -5.80. The van der Waals surface area contributed by atoms with E-state index < -0.39 is 33.4 Å². The van der Waals surface area contributed by atoms with Gasteiger partial charge in [0.1, 0.15) is 5.75 Å². The Kier molecular flexibility index (Phi) is 6.77. The number of hydrogen-bond acceptors (Lipinski definition) is 6. The van der Waals surface area contributed by atoms with Crippen LogP contribution < -0.4 is 4.74 Å². The molecule has 1 N–H and O–H groups in total. The molecule has 0 radical (unpaired) electrons. The van der Waals surface area contributed by atoms with Gasteiger partial charge in [0.2, 0.25) is 0 Å². The van der Waals surface area contributed by atoms with Gasteiger partial charge in [0.25, 0.3) is 0 Å². The first-order valence-electron chi connectivity index (χ1n) is 10.1. The third kappa shape index (κ3) is 4.78. The van der Waals surface area contributed by atoms with E-state index in [0.717, 1.165) is 16.7 Å². The quantitative estimate of drug-likeness (QED) is 0.293. The van der Waals surface area contributed by atoms with E-state index in [1.807, 2.05) is 32.9 Å². The molecule has 0 bridgehead atoms. The predicted octanol–water partition coefficient (Wildman–Crippen LogP) is 5.01. The molecule has 0 spiro atoms. The van der Waals surface area contributed by atoms with E-state index in [1.54, 1.807) is 6.07 Å². The van der Waals surface area contributed by atoms with Crippen LogP contribution in [0.3, 0.4) is 0 Å². The molecule has 0 heterocycles. The number of esters is 2. The van der Waals surface area contributed by atoms with Crippen LogP contribution in [0.15, 0.2) is 48.5 Å². The van der Waals surface area contributed by atoms with Gasteiger partial charge >= 0.3 is 27.3 Å². The van der Waals surface area contributed by atoms with Crippen molar-refractivity contribution in [3.05, 3.63) is 76.3 Å². The summed E-state index contributed by atoms with van der Waals surface area (Å²) < 4.78 is 68.4. The highest BCUT2D eigenvalue weighted by atomic mass is 32.2. The number of carbonyl (C=O) groups is 2. The zero-order valence-electron chi connectivity index (χ0n) is 18.8. The number of ether oxygens (including phenoxy) is 2. The zero-order chi connectivity index (χ0) is 25.4. The Bertz CT molecular complexity index is 1370. The van der Waals surface area contributed by atoms with Crippen molar-refractivity contribution in [3.8, 4) is 5.75 Å². The maximum atomic E-state index is 13.8. The molecular formula is C24H22F2O7S. The standard InChI is InChI=1S/C24H22F2O7S/c1-13-11-14(2)21(15(3)12-13)33-23(28)20-10-6-7-17-18(20)8-5-9-19(17)22(27)32-16(4)24(25,26)34(29,30)31/h5-12,16H,1-4H3,(H,29,30,31).